The van der Waals surface area contributed by atoms with Crippen LogP contribution in [0.3, 0.4) is 0 Å². The van der Waals surface area contributed by atoms with Gasteiger partial charge < -0.3 is 9.80 Å². The first-order valence-electron chi connectivity index (χ1n) is 7.48. The molecule has 5 heteroatoms. The van der Waals surface area contributed by atoms with Crippen LogP contribution >= 0.6 is 15.9 Å². The first-order chi connectivity index (χ1) is 11.1. The molecule has 0 aromatic heterocycles. The average molecular weight is 373 g/mol. The second kappa shape index (κ2) is 6.54. The summed E-state index contributed by atoms with van der Waals surface area (Å²) in [6.07, 6.45) is 0.861. The standard InChI is InChI=1S/C18H17BrN2O2/c1-13(22)21(16-8-6-15(19)7-9-16)12-18(23)20-11-10-14-4-2-3-5-17(14)20/h2-9H,10-12H2,1H3. The Hall–Kier alpha value is -2.14. The molecule has 3 rings (SSSR count). The fourth-order valence-corrected chi connectivity index (χ4v) is 3.09. The minimum absolute atomic E-state index is 0.0469. The Morgan fingerprint density at radius 2 is 1.83 bits per heavy atom. The van der Waals surface area contributed by atoms with Crippen LogP contribution < -0.4 is 9.80 Å². The van der Waals surface area contributed by atoms with Crippen molar-refractivity contribution in [2.24, 2.45) is 0 Å². The quantitative estimate of drug-likeness (QED) is 0.828. The maximum Gasteiger partial charge on any atom is 0.247 e. The van der Waals surface area contributed by atoms with E-state index < -0.39 is 0 Å². The minimum atomic E-state index is -0.145. The zero-order valence-electron chi connectivity index (χ0n) is 12.8. The molecule has 2 aromatic carbocycles. The Labute approximate surface area is 143 Å². The van der Waals surface area contributed by atoms with Gasteiger partial charge in [-0.2, -0.15) is 0 Å². The van der Waals surface area contributed by atoms with E-state index in [-0.39, 0.29) is 18.4 Å². The molecule has 23 heavy (non-hydrogen) atoms. The zero-order chi connectivity index (χ0) is 16.4. The summed E-state index contributed by atoms with van der Waals surface area (Å²) in [5.41, 5.74) is 2.86. The Morgan fingerprint density at radius 1 is 1.13 bits per heavy atom. The summed E-state index contributed by atoms with van der Waals surface area (Å²) in [6.45, 7) is 2.20. The third-order valence-corrected chi connectivity index (χ3v) is 4.53. The van der Waals surface area contributed by atoms with Crippen molar-refractivity contribution in [2.45, 2.75) is 13.3 Å². The number of carbonyl (C=O) groups excluding carboxylic acids is 2. The Morgan fingerprint density at radius 3 is 2.52 bits per heavy atom. The summed E-state index contributed by atoms with van der Waals surface area (Å²) < 4.78 is 0.935. The molecule has 0 radical (unpaired) electrons. The molecule has 0 unspecified atom stereocenters. The summed E-state index contributed by atoms with van der Waals surface area (Å²) in [6, 6.07) is 15.3. The number of hydrogen-bond acceptors (Lipinski definition) is 2. The van der Waals surface area contributed by atoms with Gasteiger partial charge in [-0.15, -0.1) is 0 Å². The SMILES string of the molecule is CC(=O)N(CC(=O)N1CCc2ccccc21)c1ccc(Br)cc1. The lowest BCUT2D eigenvalue weighted by atomic mass is 10.2. The van der Waals surface area contributed by atoms with Crippen LogP contribution in [-0.2, 0) is 16.0 Å². The van der Waals surface area contributed by atoms with Gasteiger partial charge >= 0.3 is 0 Å². The largest absolute Gasteiger partial charge is 0.310 e. The minimum Gasteiger partial charge on any atom is -0.310 e. The van der Waals surface area contributed by atoms with Crippen LogP contribution in [0, 0.1) is 0 Å². The van der Waals surface area contributed by atoms with E-state index in [2.05, 4.69) is 15.9 Å². The van der Waals surface area contributed by atoms with Crippen LogP contribution in [0.25, 0.3) is 0 Å². The smallest absolute Gasteiger partial charge is 0.247 e. The van der Waals surface area contributed by atoms with Crippen molar-refractivity contribution >= 4 is 39.1 Å². The molecule has 0 fully saturated rings. The first-order valence-corrected chi connectivity index (χ1v) is 8.27. The Bertz CT molecular complexity index is 743. The predicted molar refractivity (Wildman–Crippen MR) is 94.7 cm³/mol. The number of anilines is 2. The van der Waals surface area contributed by atoms with Gasteiger partial charge in [0, 0.05) is 29.3 Å². The highest BCUT2D eigenvalue weighted by molar-refractivity contribution is 9.10. The molecule has 1 aliphatic rings. The summed E-state index contributed by atoms with van der Waals surface area (Å²) in [4.78, 5) is 27.9. The lowest BCUT2D eigenvalue weighted by Crippen LogP contribution is -2.41. The molecule has 0 aliphatic carbocycles. The van der Waals surface area contributed by atoms with Gasteiger partial charge in [-0.25, -0.2) is 0 Å². The molecule has 0 atom stereocenters. The molecule has 0 bridgehead atoms. The second-order valence-electron chi connectivity index (χ2n) is 5.51. The van der Waals surface area contributed by atoms with Crippen molar-refractivity contribution < 1.29 is 9.59 Å². The molecular formula is C18H17BrN2O2. The van der Waals surface area contributed by atoms with Crippen molar-refractivity contribution in [3.05, 3.63) is 58.6 Å². The number of fused-ring (bicyclic) bond motifs is 1. The van der Waals surface area contributed by atoms with Crippen LogP contribution in [0.15, 0.2) is 53.0 Å². The van der Waals surface area contributed by atoms with E-state index in [1.807, 2.05) is 48.5 Å². The van der Waals surface area contributed by atoms with E-state index in [0.717, 1.165) is 22.3 Å². The number of nitrogens with zero attached hydrogens (tertiary/aromatic N) is 2. The maximum atomic E-state index is 12.7. The van der Waals surface area contributed by atoms with Crippen LogP contribution in [0.2, 0.25) is 0 Å². The predicted octanol–water partition coefficient (Wildman–Crippen LogP) is 3.39. The summed E-state index contributed by atoms with van der Waals surface area (Å²) in [5.74, 6) is -0.207. The van der Waals surface area contributed by atoms with Crippen molar-refractivity contribution in [1.82, 2.24) is 0 Å². The highest BCUT2D eigenvalue weighted by Gasteiger charge is 2.26. The normalized spacial score (nSPS) is 12.9. The molecule has 4 nitrogen and oxygen atoms in total. The maximum absolute atomic E-state index is 12.7. The fraction of sp³-hybridized carbons (Fsp3) is 0.222. The van der Waals surface area contributed by atoms with Gasteiger partial charge in [0.1, 0.15) is 6.54 Å². The Kier molecular flexibility index (Phi) is 4.48. The molecule has 0 N–H and O–H groups in total. The fourth-order valence-electron chi connectivity index (χ4n) is 2.82. The highest BCUT2D eigenvalue weighted by atomic mass is 79.9. The molecular weight excluding hydrogens is 356 g/mol. The molecule has 0 spiro atoms. The van der Waals surface area contributed by atoms with Gasteiger partial charge in [0.25, 0.3) is 0 Å². The third kappa shape index (κ3) is 3.29. The molecule has 2 aromatic rings. The number of rotatable bonds is 3. The van der Waals surface area contributed by atoms with Crippen LogP contribution in [0.4, 0.5) is 11.4 Å². The zero-order valence-corrected chi connectivity index (χ0v) is 14.4. The number of halogens is 1. The van der Waals surface area contributed by atoms with E-state index in [4.69, 9.17) is 0 Å². The van der Waals surface area contributed by atoms with E-state index >= 15 is 0 Å². The van der Waals surface area contributed by atoms with E-state index in [0.29, 0.717) is 6.54 Å². The number of benzene rings is 2. The summed E-state index contributed by atoms with van der Waals surface area (Å²) in [7, 11) is 0. The number of para-hydroxylation sites is 1. The van der Waals surface area contributed by atoms with Crippen molar-refractivity contribution in [3.8, 4) is 0 Å². The lowest BCUT2D eigenvalue weighted by molar-refractivity contribution is -0.121. The third-order valence-electron chi connectivity index (χ3n) is 4.00. The van der Waals surface area contributed by atoms with Crippen molar-refractivity contribution in [2.75, 3.05) is 22.9 Å². The number of hydrogen-bond donors (Lipinski definition) is 0. The van der Waals surface area contributed by atoms with Gasteiger partial charge in [0.15, 0.2) is 0 Å². The molecule has 1 heterocycles. The van der Waals surface area contributed by atoms with Gasteiger partial charge in [-0.3, -0.25) is 9.59 Å². The van der Waals surface area contributed by atoms with Gasteiger partial charge in [0.05, 0.1) is 0 Å². The molecule has 1 aliphatic heterocycles. The lowest BCUT2D eigenvalue weighted by Gasteiger charge is -2.24. The summed E-state index contributed by atoms with van der Waals surface area (Å²) in [5, 5.41) is 0. The van der Waals surface area contributed by atoms with Crippen molar-refractivity contribution in [1.29, 1.82) is 0 Å². The second-order valence-corrected chi connectivity index (χ2v) is 6.42. The molecule has 118 valence electrons. The first kappa shape index (κ1) is 15.7. The topological polar surface area (TPSA) is 40.6 Å². The molecule has 0 saturated carbocycles. The molecule has 0 saturated heterocycles. The van der Waals surface area contributed by atoms with E-state index in [9.17, 15) is 9.59 Å². The monoisotopic (exact) mass is 372 g/mol. The van der Waals surface area contributed by atoms with Crippen molar-refractivity contribution in [3.63, 3.8) is 0 Å². The molecule has 2 amide bonds. The average Bonchev–Trinajstić information content (AvgIpc) is 2.97. The van der Waals surface area contributed by atoms with E-state index in [1.165, 1.54) is 17.4 Å². The number of amides is 2. The Balaban J connectivity index is 1.80. The van der Waals surface area contributed by atoms with Gasteiger partial charge in [-0.1, -0.05) is 34.1 Å². The van der Waals surface area contributed by atoms with Crippen LogP contribution in [0.5, 0.6) is 0 Å². The van der Waals surface area contributed by atoms with Crippen LogP contribution in [-0.4, -0.2) is 24.9 Å². The van der Waals surface area contributed by atoms with Gasteiger partial charge in [0.2, 0.25) is 11.8 Å². The summed E-state index contributed by atoms with van der Waals surface area (Å²) >= 11 is 3.38. The van der Waals surface area contributed by atoms with E-state index in [1.54, 1.807) is 4.90 Å². The van der Waals surface area contributed by atoms with Gasteiger partial charge in [-0.05, 0) is 42.3 Å². The van der Waals surface area contributed by atoms with Crippen LogP contribution in [0.1, 0.15) is 12.5 Å². The highest BCUT2D eigenvalue weighted by Crippen LogP contribution is 2.28. The number of carbonyl (C=O) groups is 2.